The topological polar surface area (TPSA) is 78.1 Å². The van der Waals surface area contributed by atoms with Gasteiger partial charge in [0.25, 0.3) is 0 Å². The molecule has 5 nitrogen and oxygen atoms in total. The SMILES string of the molecule is COc1ccc(Cc2[nH]c(=O)[nH]c2O)cc1-c1ccc2c(c1)C(C)(C)CCC2(C)C. The zero-order valence-electron chi connectivity index (χ0n) is 18.3. The quantitative estimate of drug-likeness (QED) is 0.569. The average molecular weight is 407 g/mol. The van der Waals surface area contributed by atoms with E-state index < -0.39 is 5.69 Å². The molecule has 0 aliphatic heterocycles. The largest absolute Gasteiger partial charge is 0.496 e. The van der Waals surface area contributed by atoms with Crippen LogP contribution in [0.1, 0.15) is 62.9 Å². The van der Waals surface area contributed by atoms with Crippen LogP contribution in [-0.4, -0.2) is 22.2 Å². The molecule has 30 heavy (non-hydrogen) atoms. The molecule has 1 aliphatic carbocycles. The first-order valence-electron chi connectivity index (χ1n) is 10.4. The molecule has 0 saturated carbocycles. The van der Waals surface area contributed by atoms with Crippen LogP contribution in [0.5, 0.6) is 11.6 Å². The maximum absolute atomic E-state index is 11.4. The van der Waals surface area contributed by atoms with Gasteiger partial charge < -0.3 is 14.8 Å². The van der Waals surface area contributed by atoms with Crippen LogP contribution < -0.4 is 10.4 Å². The fraction of sp³-hybridized carbons (Fsp3) is 0.400. The molecule has 3 aromatic rings. The predicted octanol–water partition coefficient (Wildman–Crippen LogP) is 5.02. The molecule has 0 amide bonds. The van der Waals surface area contributed by atoms with Gasteiger partial charge in [0.1, 0.15) is 5.75 Å². The molecule has 2 aromatic carbocycles. The molecule has 1 aliphatic rings. The van der Waals surface area contributed by atoms with Crippen molar-refractivity contribution in [2.24, 2.45) is 0 Å². The van der Waals surface area contributed by atoms with Gasteiger partial charge in [0.15, 0.2) is 0 Å². The van der Waals surface area contributed by atoms with Crippen molar-refractivity contribution in [1.29, 1.82) is 0 Å². The molecule has 4 rings (SSSR count). The zero-order valence-corrected chi connectivity index (χ0v) is 18.3. The third kappa shape index (κ3) is 3.53. The molecule has 0 fully saturated rings. The minimum absolute atomic E-state index is 0.116. The van der Waals surface area contributed by atoms with Gasteiger partial charge in [-0.3, -0.25) is 4.98 Å². The van der Waals surface area contributed by atoms with E-state index in [9.17, 15) is 9.90 Å². The van der Waals surface area contributed by atoms with Crippen molar-refractivity contribution in [2.45, 2.75) is 57.8 Å². The highest BCUT2D eigenvalue weighted by Gasteiger charge is 2.37. The van der Waals surface area contributed by atoms with Crippen molar-refractivity contribution in [3.05, 3.63) is 69.3 Å². The Kier molecular flexibility index (Phi) is 4.80. The molecular formula is C25H30N2O3. The summed E-state index contributed by atoms with van der Waals surface area (Å²) in [5.74, 6) is 0.688. The smallest absolute Gasteiger partial charge is 0.325 e. The minimum atomic E-state index is -0.407. The van der Waals surface area contributed by atoms with Gasteiger partial charge in [-0.1, -0.05) is 52.0 Å². The molecular weight excluding hydrogens is 376 g/mol. The number of nitrogens with one attached hydrogen (secondary N) is 2. The number of hydrogen-bond donors (Lipinski definition) is 3. The number of benzene rings is 2. The Morgan fingerprint density at radius 3 is 2.30 bits per heavy atom. The lowest BCUT2D eigenvalue weighted by molar-refractivity contribution is 0.332. The van der Waals surface area contributed by atoms with E-state index in [1.54, 1.807) is 7.11 Å². The zero-order chi connectivity index (χ0) is 21.7. The van der Waals surface area contributed by atoms with Gasteiger partial charge >= 0.3 is 5.69 Å². The van der Waals surface area contributed by atoms with Crippen LogP contribution in [0.3, 0.4) is 0 Å². The lowest BCUT2D eigenvalue weighted by Gasteiger charge is -2.42. The number of fused-ring (bicyclic) bond motifs is 1. The summed E-state index contributed by atoms with van der Waals surface area (Å²) >= 11 is 0. The molecule has 0 atom stereocenters. The van der Waals surface area contributed by atoms with Crippen LogP contribution >= 0.6 is 0 Å². The van der Waals surface area contributed by atoms with E-state index >= 15 is 0 Å². The summed E-state index contributed by atoms with van der Waals surface area (Å²) in [4.78, 5) is 16.5. The Hall–Kier alpha value is -2.95. The molecule has 0 bridgehead atoms. The van der Waals surface area contributed by atoms with Crippen LogP contribution in [-0.2, 0) is 17.3 Å². The second kappa shape index (κ2) is 7.08. The molecule has 0 spiro atoms. The van der Waals surface area contributed by atoms with Crippen LogP contribution in [0.4, 0.5) is 0 Å². The average Bonchev–Trinajstić information content (AvgIpc) is 3.02. The maximum Gasteiger partial charge on any atom is 0.325 e. The predicted molar refractivity (Wildman–Crippen MR) is 120 cm³/mol. The van der Waals surface area contributed by atoms with E-state index in [1.807, 2.05) is 12.1 Å². The number of ether oxygens (including phenoxy) is 1. The van der Waals surface area contributed by atoms with Gasteiger partial charge in [0.2, 0.25) is 5.88 Å². The first kappa shape index (κ1) is 20.3. The van der Waals surface area contributed by atoms with Crippen LogP contribution in [0.15, 0.2) is 41.2 Å². The van der Waals surface area contributed by atoms with Gasteiger partial charge in [-0.05, 0) is 58.1 Å². The Morgan fingerprint density at radius 2 is 1.67 bits per heavy atom. The van der Waals surface area contributed by atoms with Crippen LogP contribution in [0.25, 0.3) is 11.1 Å². The molecule has 1 heterocycles. The monoisotopic (exact) mass is 406 g/mol. The third-order valence-corrected chi connectivity index (χ3v) is 6.59. The third-order valence-electron chi connectivity index (χ3n) is 6.59. The molecule has 0 saturated heterocycles. The fourth-order valence-corrected chi connectivity index (χ4v) is 4.59. The Bertz CT molecular complexity index is 1150. The number of hydrogen-bond acceptors (Lipinski definition) is 3. The molecule has 0 radical (unpaired) electrons. The molecule has 5 heteroatoms. The first-order chi connectivity index (χ1) is 14.1. The summed E-state index contributed by atoms with van der Waals surface area (Å²) in [5.41, 5.74) is 6.30. The Labute approximate surface area is 177 Å². The van der Waals surface area contributed by atoms with Crippen LogP contribution in [0.2, 0.25) is 0 Å². The normalized spacial score (nSPS) is 16.8. The summed E-state index contributed by atoms with van der Waals surface area (Å²) in [6.07, 6.45) is 2.77. The van der Waals surface area contributed by atoms with Gasteiger partial charge in [-0.25, -0.2) is 4.79 Å². The van der Waals surface area contributed by atoms with E-state index in [0.717, 1.165) is 28.9 Å². The second-order valence-corrected chi connectivity index (χ2v) is 9.65. The number of H-pyrrole nitrogens is 2. The minimum Gasteiger partial charge on any atom is -0.496 e. The molecule has 3 N–H and O–H groups in total. The standard InChI is InChI=1S/C25H30N2O3/c1-24(2)10-11-25(3,4)19-14-16(7-8-18(19)24)17-12-15(6-9-21(17)30-5)13-20-22(28)27-23(29)26-20/h6-9,12,14,28H,10-11,13H2,1-5H3,(H2,26,27,29). The highest BCUT2D eigenvalue weighted by atomic mass is 16.5. The highest BCUT2D eigenvalue weighted by molar-refractivity contribution is 5.73. The van der Waals surface area contributed by atoms with E-state index in [4.69, 9.17) is 4.74 Å². The van der Waals surface area contributed by atoms with E-state index in [-0.39, 0.29) is 16.7 Å². The van der Waals surface area contributed by atoms with Crippen molar-refractivity contribution < 1.29 is 9.84 Å². The van der Waals surface area contributed by atoms with E-state index in [0.29, 0.717) is 12.1 Å². The van der Waals surface area contributed by atoms with Gasteiger partial charge in [-0.2, -0.15) is 0 Å². The van der Waals surface area contributed by atoms with Crippen molar-refractivity contribution in [1.82, 2.24) is 9.97 Å². The number of aromatic hydroxyl groups is 1. The maximum atomic E-state index is 11.4. The second-order valence-electron chi connectivity index (χ2n) is 9.65. The van der Waals surface area contributed by atoms with Crippen LogP contribution in [0, 0.1) is 0 Å². The lowest BCUT2D eigenvalue weighted by Crippen LogP contribution is -2.33. The van der Waals surface area contributed by atoms with Gasteiger partial charge in [-0.15, -0.1) is 0 Å². The number of rotatable bonds is 4. The van der Waals surface area contributed by atoms with E-state index in [2.05, 4.69) is 61.9 Å². The summed E-state index contributed by atoms with van der Waals surface area (Å²) in [6, 6.07) is 12.7. The van der Waals surface area contributed by atoms with E-state index in [1.165, 1.54) is 17.5 Å². The summed E-state index contributed by atoms with van der Waals surface area (Å²) in [7, 11) is 1.68. The lowest BCUT2D eigenvalue weighted by atomic mass is 9.63. The number of imidazole rings is 1. The molecule has 158 valence electrons. The number of aromatic nitrogens is 2. The number of methoxy groups -OCH3 is 1. The van der Waals surface area contributed by atoms with Crippen molar-refractivity contribution >= 4 is 0 Å². The van der Waals surface area contributed by atoms with Crippen molar-refractivity contribution in [2.75, 3.05) is 7.11 Å². The molecule has 1 aromatic heterocycles. The fourth-order valence-electron chi connectivity index (χ4n) is 4.59. The first-order valence-corrected chi connectivity index (χ1v) is 10.4. The van der Waals surface area contributed by atoms with Gasteiger partial charge in [0.05, 0.1) is 12.8 Å². The van der Waals surface area contributed by atoms with Crippen molar-refractivity contribution in [3.8, 4) is 22.8 Å². The molecule has 0 unspecified atom stereocenters. The number of aromatic amines is 2. The highest BCUT2D eigenvalue weighted by Crippen LogP contribution is 2.47. The summed E-state index contributed by atoms with van der Waals surface area (Å²) in [5, 5.41) is 9.91. The van der Waals surface area contributed by atoms with Gasteiger partial charge in [0, 0.05) is 12.0 Å². The summed E-state index contributed by atoms with van der Waals surface area (Å²) in [6.45, 7) is 9.30. The van der Waals surface area contributed by atoms with Crippen molar-refractivity contribution in [3.63, 3.8) is 0 Å². The summed E-state index contributed by atoms with van der Waals surface area (Å²) < 4.78 is 5.66. The Balaban J connectivity index is 1.80. The Morgan fingerprint density at radius 1 is 0.967 bits per heavy atom.